The molecule has 0 bridgehead atoms. The Bertz CT molecular complexity index is 555. The van der Waals surface area contributed by atoms with E-state index in [4.69, 9.17) is 10.2 Å². The summed E-state index contributed by atoms with van der Waals surface area (Å²) in [5.41, 5.74) is 1.68. The van der Waals surface area contributed by atoms with Crippen molar-refractivity contribution in [3.8, 4) is 0 Å². The average Bonchev–Trinajstić information content (AvgIpc) is 2.74. The van der Waals surface area contributed by atoms with Crippen LogP contribution in [-0.4, -0.2) is 40.6 Å². The van der Waals surface area contributed by atoms with E-state index < -0.39 is 18.0 Å². The number of amides is 2. The van der Waals surface area contributed by atoms with E-state index in [0.29, 0.717) is 11.3 Å². The second-order valence-corrected chi connectivity index (χ2v) is 4.16. The first-order chi connectivity index (χ1) is 8.97. The summed E-state index contributed by atoms with van der Waals surface area (Å²) in [5.74, 6) is -2.04. The van der Waals surface area contributed by atoms with Gasteiger partial charge in [0.15, 0.2) is 6.10 Å². The van der Waals surface area contributed by atoms with E-state index in [-0.39, 0.29) is 18.9 Å². The van der Waals surface area contributed by atoms with Crippen LogP contribution in [0, 0.1) is 0 Å². The van der Waals surface area contributed by atoms with Gasteiger partial charge in [-0.2, -0.15) is 0 Å². The molecule has 1 aliphatic heterocycles. The molecule has 19 heavy (non-hydrogen) atoms. The number of hydrogen-bond acceptors (Lipinski definition) is 4. The minimum Gasteiger partial charge on any atom is -0.479 e. The summed E-state index contributed by atoms with van der Waals surface area (Å²) in [6.07, 6.45) is -1.35. The van der Waals surface area contributed by atoms with Crippen LogP contribution in [-0.2, 0) is 16.0 Å². The topological polar surface area (TPSA) is 116 Å². The Kier molecular flexibility index (Phi) is 3.48. The fourth-order valence-corrected chi connectivity index (χ4v) is 1.73. The fourth-order valence-electron chi connectivity index (χ4n) is 1.73. The molecule has 0 saturated carbocycles. The molecule has 0 fully saturated rings. The Morgan fingerprint density at radius 1 is 1.42 bits per heavy atom. The molecule has 0 aliphatic carbocycles. The first kappa shape index (κ1) is 13.0. The summed E-state index contributed by atoms with van der Waals surface area (Å²) < 4.78 is 0. The predicted octanol–water partition coefficient (Wildman–Crippen LogP) is -0.644. The first-order valence-corrected chi connectivity index (χ1v) is 5.59. The van der Waals surface area contributed by atoms with Gasteiger partial charge >= 0.3 is 5.97 Å². The van der Waals surface area contributed by atoms with Crippen molar-refractivity contribution in [3.63, 3.8) is 0 Å². The highest BCUT2D eigenvalue weighted by Gasteiger charge is 2.20. The quantitative estimate of drug-likeness (QED) is 0.577. The average molecular weight is 264 g/mol. The van der Waals surface area contributed by atoms with Crippen molar-refractivity contribution in [1.82, 2.24) is 5.32 Å². The molecule has 1 unspecified atom stereocenters. The van der Waals surface area contributed by atoms with Crippen LogP contribution >= 0.6 is 0 Å². The number of benzene rings is 1. The van der Waals surface area contributed by atoms with Crippen LogP contribution in [0.4, 0.5) is 5.69 Å². The highest BCUT2D eigenvalue weighted by molar-refractivity contribution is 6.02. The van der Waals surface area contributed by atoms with E-state index >= 15 is 0 Å². The normalized spacial score (nSPS) is 14.5. The Balaban J connectivity index is 2.03. The zero-order chi connectivity index (χ0) is 14.0. The van der Waals surface area contributed by atoms with E-state index in [2.05, 4.69) is 10.6 Å². The number of fused-ring (bicyclic) bond motifs is 1. The zero-order valence-electron chi connectivity index (χ0n) is 9.84. The van der Waals surface area contributed by atoms with Crippen molar-refractivity contribution in [2.45, 2.75) is 12.5 Å². The Labute approximate surface area is 108 Å². The van der Waals surface area contributed by atoms with Crippen LogP contribution in [0.1, 0.15) is 15.9 Å². The predicted molar refractivity (Wildman–Crippen MR) is 64.8 cm³/mol. The molecule has 100 valence electrons. The lowest BCUT2D eigenvalue weighted by Crippen LogP contribution is -2.36. The van der Waals surface area contributed by atoms with E-state index in [0.717, 1.165) is 5.56 Å². The molecule has 1 aromatic rings. The van der Waals surface area contributed by atoms with Gasteiger partial charge in [0.25, 0.3) is 5.91 Å². The summed E-state index contributed by atoms with van der Waals surface area (Å²) in [6.45, 7) is -0.377. The second kappa shape index (κ2) is 5.07. The maximum atomic E-state index is 11.7. The molecule has 7 nitrogen and oxygen atoms in total. The zero-order valence-corrected chi connectivity index (χ0v) is 9.84. The van der Waals surface area contributed by atoms with Crippen LogP contribution in [0.5, 0.6) is 0 Å². The number of rotatable bonds is 4. The fraction of sp³-hybridized carbons (Fsp3) is 0.250. The van der Waals surface area contributed by atoms with Crippen molar-refractivity contribution in [2.75, 3.05) is 11.9 Å². The first-order valence-electron chi connectivity index (χ1n) is 5.59. The molecule has 0 spiro atoms. The van der Waals surface area contributed by atoms with Gasteiger partial charge < -0.3 is 20.8 Å². The van der Waals surface area contributed by atoms with Gasteiger partial charge in [0.2, 0.25) is 5.91 Å². The van der Waals surface area contributed by atoms with E-state index in [9.17, 15) is 14.4 Å². The Morgan fingerprint density at radius 2 is 2.16 bits per heavy atom. The maximum absolute atomic E-state index is 11.7. The number of aliphatic carboxylic acids is 1. The molecule has 0 saturated heterocycles. The van der Waals surface area contributed by atoms with E-state index in [1.54, 1.807) is 12.1 Å². The molecule has 2 amide bonds. The summed E-state index contributed by atoms with van der Waals surface area (Å²) in [4.78, 5) is 33.3. The lowest BCUT2D eigenvalue weighted by Gasteiger charge is -2.08. The number of anilines is 1. The smallest absolute Gasteiger partial charge is 0.334 e. The van der Waals surface area contributed by atoms with Gasteiger partial charge in [-0.05, 0) is 17.7 Å². The van der Waals surface area contributed by atoms with Gasteiger partial charge in [0.05, 0.1) is 13.0 Å². The molecule has 2 rings (SSSR count). The number of carbonyl (C=O) groups is 3. The number of nitrogens with one attached hydrogen (secondary N) is 2. The highest BCUT2D eigenvalue weighted by Crippen LogP contribution is 2.23. The number of carboxylic acids is 1. The molecular weight excluding hydrogens is 252 g/mol. The molecule has 1 atom stereocenters. The third-order valence-electron chi connectivity index (χ3n) is 2.74. The number of aliphatic hydroxyl groups excluding tert-OH is 1. The van der Waals surface area contributed by atoms with Gasteiger partial charge in [0.1, 0.15) is 0 Å². The summed E-state index contributed by atoms with van der Waals surface area (Å²) >= 11 is 0. The van der Waals surface area contributed by atoms with Crippen LogP contribution in [0.25, 0.3) is 0 Å². The summed E-state index contributed by atoms with van der Waals surface area (Å²) in [5, 5.41) is 22.4. The van der Waals surface area contributed by atoms with Crippen molar-refractivity contribution < 1.29 is 24.6 Å². The van der Waals surface area contributed by atoms with Gasteiger partial charge in [-0.15, -0.1) is 0 Å². The lowest BCUT2D eigenvalue weighted by molar-refractivity contribution is -0.146. The number of aliphatic hydroxyl groups is 1. The molecule has 4 N–H and O–H groups in total. The Hall–Kier alpha value is -2.41. The van der Waals surface area contributed by atoms with Crippen LogP contribution in [0.3, 0.4) is 0 Å². The largest absolute Gasteiger partial charge is 0.479 e. The standard InChI is InChI=1S/C12H12N2O5/c15-9(12(18)19)5-13-11(17)7-2-1-6-4-10(16)14-8(6)3-7/h1-3,9,15H,4-5H2,(H,13,17)(H,14,16)(H,18,19). The van der Waals surface area contributed by atoms with Crippen molar-refractivity contribution in [3.05, 3.63) is 29.3 Å². The monoisotopic (exact) mass is 264 g/mol. The van der Waals surface area contributed by atoms with Crippen molar-refractivity contribution in [2.24, 2.45) is 0 Å². The number of hydrogen-bond donors (Lipinski definition) is 4. The third kappa shape index (κ3) is 2.89. The molecule has 1 heterocycles. The van der Waals surface area contributed by atoms with Gasteiger partial charge in [-0.25, -0.2) is 4.79 Å². The summed E-state index contributed by atoms with van der Waals surface area (Å²) in [7, 11) is 0. The van der Waals surface area contributed by atoms with Crippen LogP contribution < -0.4 is 10.6 Å². The SMILES string of the molecule is O=C1Cc2ccc(C(=O)NCC(O)C(=O)O)cc2N1. The van der Waals surface area contributed by atoms with E-state index in [1.807, 2.05) is 0 Å². The lowest BCUT2D eigenvalue weighted by atomic mass is 10.1. The van der Waals surface area contributed by atoms with Crippen molar-refractivity contribution >= 4 is 23.5 Å². The third-order valence-corrected chi connectivity index (χ3v) is 2.74. The molecule has 7 heteroatoms. The maximum Gasteiger partial charge on any atom is 0.334 e. The molecule has 0 aromatic heterocycles. The van der Waals surface area contributed by atoms with Gasteiger partial charge in [0, 0.05) is 11.3 Å². The molecule has 1 aromatic carbocycles. The summed E-state index contributed by atoms with van der Waals surface area (Å²) in [6, 6.07) is 4.72. The van der Waals surface area contributed by atoms with E-state index in [1.165, 1.54) is 6.07 Å². The van der Waals surface area contributed by atoms with Crippen LogP contribution in [0.2, 0.25) is 0 Å². The van der Waals surface area contributed by atoms with Crippen LogP contribution in [0.15, 0.2) is 18.2 Å². The molecule has 1 aliphatic rings. The molecular formula is C12H12N2O5. The molecule has 0 radical (unpaired) electrons. The Morgan fingerprint density at radius 3 is 2.84 bits per heavy atom. The van der Waals surface area contributed by atoms with Gasteiger partial charge in [-0.3, -0.25) is 9.59 Å². The minimum atomic E-state index is -1.64. The number of carbonyl (C=O) groups excluding carboxylic acids is 2. The van der Waals surface area contributed by atoms with Crippen molar-refractivity contribution in [1.29, 1.82) is 0 Å². The highest BCUT2D eigenvalue weighted by atomic mass is 16.4. The second-order valence-electron chi connectivity index (χ2n) is 4.16. The minimum absolute atomic E-state index is 0.131. The number of carboxylic acid groups (broad SMARTS) is 1. The van der Waals surface area contributed by atoms with Gasteiger partial charge in [-0.1, -0.05) is 6.07 Å².